The van der Waals surface area contributed by atoms with Crippen LogP contribution in [0.1, 0.15) is 29.6 Å². The summed E-state index contributed by atoms with van der Waals surface area (Å²) in [6, 6.07) is 2.73. The molecule has 0 aliphatic carbocycles. The Balaban J connectivity index is 1.78. The van der Waals surface area contributed by atoms with Crippen molar-refractivity contribution in [2.75, 3.05) is 19.8 Å². The Morgan fingerprint density at radius 3 is 2.87 bits per heavy atom. The van der Waals surface area contributed by atoms with E-state index < -0.39 is 6.04 Å². The summed E-state index contributed by atoms with van der Waals surface area (Å²) < 4.78 is 16.7. The zero-order valence-corrected chi connectivity index (χ0v) is 13.4. The number of rotatable bonds is 3. The van der Waals surface area contributed by atoms with Gasteiger partial charge >= 0.3 is 0 Å². The fraction of sp³-hybridized carbons (Fsp3) is 0.471. The van der Waals surface area contributed by atoms with Crippen LogP contribution in [0.3, 0.4) is 0 Å². The summed E-state index contributed by atoms with van der Waals surface area (Å²) in [7, 11) is 0. The molecule has 23 heavy (non-hydrogen) atoms. The Kier molecular flexibility index (Phi) is 4.94. The van der Waals surface area contributed by atoms with E-state index in [0.717, 1.165) is 19.3 Å². The van der Waals surface area contributed by atoms with Crippen molar-refractivity contribution in [3.63, 3.8) is 0 Å². The van der Waals surface area contributed by atoms with Crippen LogP contribution in [-0.4, -0.2) is 37.9 Å². The quantitative estimate of drug-likeness (QED) is 0.862. The first-order valence-electron chi connectivity index (χ1n) is 7.67. The molecule has 2 atom stereocenters. The Morgan fingerprint density at radius 1 is 1.30 bits per heavy atom. The summed E-state index contributed by atoms with van der Waals surface area (Å²) in [6.45, 7) is 1.74. The monoisotopic (exact) mass is 335 g/mol. The van der Waals surface area contributed by atoms with Gasteiger partial charge < -0.3 is 19.5 Å². The van der Waals surface area contributed by atoms with Crippen LogP contribution in [0.25, 0.3) is 0 Å². The third-order valence-corrected chi connectivity index (χ3v) is 4.15. The van der Waals surface area contributed by atoms with Crippen molar-refractivity contribution in [1.29, 1.82) is 0 Å². The van der Waals surface area contributed by atoms with E-state index in [0.29, 0.717) is 41.9 Å². The molecule has 1 aromatic rings. The maximum absolute atomic E-state index is 12.5. The molecule has 2 aliphatic rings. The minimum absolute atomic E-state index is 0.139. The van der Waals surface area contributed by atoms with Crippen LogP contribution in [0, 0.1) is 12.3 Å². The molecule has 1 aromatic carbocycles. The van der Waals surface area contributed by atoms with E-state index >= 15 is 0 Å². The van der Waals surface area contributed by atoms with Crippen LogP contribution in [0.5, 0.6) is 11.5 Å². The van der Waals surface area contributed by atoms with Crippen molar-refractivity contribution in [2.24, 2.45) is 0 Å². The Labute approximate surface area is 140 Å². The van der Waals surface area contributed by atoms with E-state index in [1.54, 1.807) is 12.1 Å². The van der Waals surface area contributed by atoms with Crippen molar-refractivity contribution in [3.8, 4) is 23.8 Å². The maximum atomic E-state index is 12.5. The van der Waals surface area contributed by atoms with E-state index in [1.165, 1.54) is 0 Å². The van der Waals surface area contributed by atoms with Crippen LogP contribution in [0.15, 0.2) is 12.1 Å². The minimum Gasteiger partial charge on any atom is -0.489 e. The molecule has 0 bridgehead atoms. The van der Waals surface area contributed by atoms with E-state index in [4.69, 9.17) is 32.2 Å². The van der Waals surface area contributed by atoms with E-state index in [2.05, 4.69) is 11.2 Å². The Bertz CT molecular complexity index is 634. The number of carbonyl (C=O) groups excluding carboxylic acids is 1. The summed E-state index contributed by atoms with van der Waals surface area (Å²) >= 11 is 6.21. The molecule has 0 aromatic heterocycles. The van der Waals surface area contributed by atoms with E-state index in [9.17, 15) is 4.79 Å². The SMILES string of the molecule is C#C[C@@H](NC(=O)c1cc(Cl)c2c(c1)OCCCO2)[C@H]1CCCO1. The summed E-state index contributed by atoms with van der Waals surface area (Å²) in [5, 5.41) is 3.17. The van der Waals surface area contributed by atoms with Gasteiger partial charge in [0, 0.05) is 18.6 Å². The minimum atomic E-state index is -0.459. The van der Waals surface area contributed by atoms with Crippen molar-refractivity contribution < 1.29 is 19.0 Å². The summed E-state index contributed by atoms with van der Waals surface area (Å²) in [5.41, 5.74) is 0.387. The first-order valence-corrected chi connectivity index (χ1v) is 8.04. The van der Waals surface area contributed by atoms with E-state index in [1.807, 2.05) is 0 Å². The second kappa shape index (κ2) is 7.12. The molecular formula is C17H18ClNO4. The summed E-state index contributed by atoms with van der Waals surface area (Å²) in [6.07, 6.45) is 7.95. The molecule has 0 radical (unpaired) electrons. The molecule has 5 nitrogen and oxygen atoms in total. The highest BCUT2D eigenvalue weighted by Crippen LogP contribution is 2.38. The van der Waals surface area contributed by atoms with Crippen molar-refractivity contribution >= 4 is 17.5 Å². The molecule has 3 rings (SSSR count). The van der Waals surface area contributed by atoms with Gasteiger partial charge in [-0.15, -0.1) is 6.42 Å². The van der Waals surface area contributed by atoms with Crippen LogP contribution in [0.4, 0.5) is 0 Å². The van der Waals surface area contributed by atoms with Gasteiger partial charge in [-0.25, -0.2) is 0 Å². The lowest BCUT2D eigenvalue weighted by Crippen LogP contribution is -2.42. The number of benzene rings is 1. The topological polar surface area (TPSA) is 56.8 Å². The lowest BCUT2D eigenvalue weighted by atomic mass is 10.1. The average Bonchev–Trinajstić information content (AvgIpc) is 2.97. The van der Waals surface area contributed by atoms with E-state index in [-0.39, 0.29) is 12.0 Å². The largest absolute Gasteiger partial charge is 0.489 e. The molecule has 1 fully saturated rings. The van der Waals surface area contributed by atoms with Crippen LogP contribution in [-0.2, 0) is 4.74 Å². The predicted molar refractivity (Wildman–Crippen MR) is 86.1 cm³/mol. The van der Waals surface area contributed by atoms with Gasteiger partial charge in [0.1, 0.15) is 6.04 Å². The molecule has 6 heteroatoms. The first kappa shape index (κ1) is 16.0. The molecule has 0 saturated carbocycles. The summed E-state index contributed by atoms with van der Waals surface area (Å²) in [5.74, 6) is 3.24. The molecule has 0 spiro atoms. The number of fused-ring (bicyclic) bond motifs is 1. The predicted octanol–water partition coefficient (Wildman–Crippen LogP) is 2.41. The van der Waals surface area contributed by atoms with Crippen molar-refractivity contribution in [2.45, 2.75) is 31.4 Å². The second-order valence-electron chi connectivity index (χ2n) is 5.51. The standard InChI is InChI=1S/C17H18ClNO4/c1-2-13(14-5-3-6-21-14)19-17(20)11-9-12(18)16-15(10-11)22-7-4-8-23-16/h1,9-10,13-14H,3-8H2,(H,19,20)/t13-,14-/m1/s1. The zero-order valence-electron chi connectivity index (χ0n) is 12.6. The molecule has 2 aliphatic heterocycles. The van der Waals surface area contributed by atoms with Crippen LogP contribution >= 0.6 is 11.6 Å². The number of ether oxygens (including phenoxy) is 3. The molecule has 0 unspecified atom stereocenters. The third kappa shape index (κ3) is 3.54. The number of hydrogen-bond acceptors (Lipinski definition) is 4. The zero-order chi connectivity index (χ0) is 16.2. The van der Waals surface area contributed by atoms with Crippen LogP contribution in [0.2, 0.25) is 5.02 Å². The molecule has 1 saturated heterocycles. The molecule has 122 valence electrons. The number of amides is 1. The number of nitrogens with one attached hydrogen (secondary N) is 1. The fourth-order valence-electron chi connectivity index (χ4n) is 2.69. The molecule has 2 heterocycles. The van der Waals surface area contributed by atoms with Gasteiger partial charge in [0.15, 0.2) is 11.5 Å². The van der Waals surface area contributed by atoms with Gasteiger partial charge in [-0.3, -0.25) is 4.79 Å². The number of hydrogen-bond donors (Lipinski definition) is 1. The third-order valence-electron chi connectivity index (χ3n) is 3.87. The molecule has 1 N–H and O–H groups in total. The first-order chi connectivity index (χ1) is 11.2. The van der Waals surface area contributed by atoms with Gasteiger partial charge in [0.05, 0.1) is 24.3 Å². The van der Waals surface area contributed by atoms with Gasteiger partial charge in [-0.2, -0.15) is 0 Å². The number of halogens is 1. The van der Waals surface area contributed by atoms with Gasteiger partial charge in [0.25, 0.3) is 5.91 Å². The molecule has 1 amide bonds. The average molecular weight is 336 g/mol. The van der Waals surface area contributed by atoms with Crippen molar-refractivity contribution in [1.82, 2.24) is 5.32 Å². The Morgan fingerprint density at radius 2 is 2.13 bits per heavy atom. The molecular weight excluding hydrogens is 318 g/mol. The fourth-order valence-corrected chi connectivity index (χ4v) is 2.96. The maximum Gasteiger partial charge on any atom is 0.252 e. The number of carbonyl (C=O) groups is 1. The lowest BCUT2D eigenvalue weighted by molar-refractivity contribution is 0.0776. The van der Waals surface area contributed by atoms with Gasteiger partial charge in [-0.05, 0) is 25.0 Å². The smallest absolute Gasteiger partial charge is 0.252 e. The van der Waals surface area contributed by atoms with Gasteiger partial charge in [0.2, 0.25) is 0 Å². The lowest BCUT2D eigenvalue weighted by Gasteiger charge is -2.19. The second-order valence-corrected chi connectivity index (χ2v) is 5.91. The van der Waals surface area contributed by atoms with Crippen molar-refractivity contribution in [3.05, 3.63) is 22.7 Å². The normalized spacial score (nSPS) is 21.1. The number of terminal acetylenes is 1. The highest BCUT2D eigenvalue weighted by Gasteiger charge is 2.27. The van der Waals surface area contributed by atoms with Gasteiger partial charge in [-0.1, -0.05) is 17.5 Å². The summed E-state index contributed by atoms with van der Waals surface area (Å²) in [4.78, 5) is 12.5. The highest BCUT2D eigenvalue weighted by atomic mass is 35.5. The van der Waals surface area contributed by atoms with Crippen LogP contribution < -0.4 is 14.8 Å². The Hall–Kier alpha value is -1.90. The highest BCUT2D eigenvalue weighted by molar-refractivity contribution is 6.32.